The number of carbonyl (C=O) groups is 1. The summed E-state index contributed by atoms with van der Waals surface area (Å²) < 4.78 is 5.06. The number of H-pyrrole nitrogens is 1. The average molecular weight is 260 g/mol. The Morgan fingerprint density at radius 3 is 2.74 bits per heavy atom. The van der Waals surface area contributed by atoms with Gasteiger partial charge in [0.2, 0.25) is 0 Å². The first-order valence-corrected chi connectivity index (χ1v) is 6.38. The minimum Gasteiger partial charge on any atom is -0.504 e. The van der Waals surface area contributed by atoms with Gasteiger partial charge in [-0.05, 0) is 25.0 Å². The Bertz CT molecular complexity index is 627. The van der Waals surface area contributed by atoms with Crippen molar-refractivity contribution >= 4 is 16.8 Å². The maximum atomic E-state index is 12.3. The molecule has 100 valence electrons. The summed E-state index contributed by atoms with van der Waals surface area (Å²) in [6, 6.07) is 5.08. The molecule has 1 aromatic carbocycles. The van der Waals surface area contributed by atoms with Crippen molar-refractivity contribution in [1.29, 1.82) is 0 Å². The molecule has 2 aromatic rings. The molecule has 1 aliphatic heterocycles. The molecule has 0 saturated carbocycles. The Labute approximate surface area is 110 Å². The van der Waals surface area contributed by atoms with Crippen LogP contribution < -0.4 is 4.74 Å². The van der Waals surface area contributed by atoms with Crippen LogP contribution in [0.15, 0.2) is 18.2 Å². The zero-order valence-electron chi connectivity index (χ0n) is 10.8. The second-order valence-corrected chi connectivity index (χ2v) is 4.79. The molecule has 19 heavy (non-hydrogen) atoms. The van der Waals surface area contributed by atoms with E-state index in [1.165, 1.54) is 7.11 Å². The van der Waals surface area contributed by atoms with Crippen LogP contribution in [-0.4, -0.2) is 41.1 Å². The highest BCUT2D eigenvalue weighted by Gasteiger charge is 2.21. The van der Waals surface area contributed by atoms with Crippen LogP contribution in [-0.2, 0) is 0 Å². The van der Waals surface area contributed by atoms with Crippen LogP contribution in [0.4, 0.5) is 0 Å². The number of ether oxygens (including phenoxy) is 1. The Morgan fingerprint density at radius 1 is 1.32 bits per heavy atom. The van der Waals surface area contributed by atoms with Crippen molar-refractivity contribution in [2.24, 2.45) is 0 Å². The number of aromatic hydroxyl groups is 1. The molecule has 1 aliphatic rings. The second-order valence-electron chi connectivity index (χ2n) is 4.79. The average Bonchev–Trinajstić information content (AvgIpc) is 3.05. The minimum absolute atomic E-state index is 0.0205. The predicted octanol–water partition coefficient (Wildman–Crippen LogP) is 2.12. The molecule has 0 bridgehead atoms. The lowest BCUT2D eigenvalue weighted by Gasteiger charge is -2.13. The maximum Gasteiger partial charge on any atom is 0.270 e. The number of rotatable bonds is 2. The summed E-state index contributed by atoms with van der Waals surface area (Å²) >= 11 is 0. The van der Waals surface area contributed by atoms with Gasteiger partial charge in [0.05, 0.1) is 7.11 Å². The van der Waals surface area contributed by atoms with Crippen LogP contribution >= 0.6 is 0 Å². The standard InChI is InChI=1S/C14H16N2O3/c1-19-13-8-10-9(7-12(13)17)6-11(15-10)14(18)16-4-2-3-5-16/h6-8,15,17H,2-5H2,1H3. The molecule has 2 heterocycles. The molecule has 1 amide bonds. The number of benzene rings is 1. The fraction of sp³-hybridized carbons (Fsp3) is 0.357. The van der Waals surface area contributed by atoms with Crippen molar-refractivity contribution in [2.45, 2.75) is 12.8 Å². The summed E-state index contributed by atoms with van der Waals surface area (Å²) in [5.41, 5.74) is 1.35. The predicted molar refractivity (Wildman–Crippen MR) is 71.7 cm³/mol. The lowest BCUT2D eigenvalue weighted by molar-refractivity contribution is 0.0788. The van der Waals surface area contributed by atoms with E-state index in [0.717, 1.165) is 36.8 Å². The fourth-order valence-electron chi connectivity index (χ4n) is 2.52. The molecule has 5 heteroatoms. The van der Waals surface area contributed by atoms with Gasteiger partial charge < -0.3 is 19.7 Å². The van der Waals surface area contributed by atoms with E-state index in [-0.39, 0.29) is 11.7 Å². The molecule has 1 saturated heterocycles. The van der Waals surface area contributed by atoms with Gasteiger partial charge in [-0.25, -0.2) is 0 Å². The molecule has 0 atom stereocenters. The van der Waals surface area contributed by atoms with Crippen molar-refractivity contribution in [3.63, 3.8) is 0 Å². The highest BCUT2D eigenvalue weighted by Crippen LogP contribution is 2.31. The summed E-state index contributed by atoms with van der Waals surface area (Å²) in [6.45, 7) is 1.64. The number of nitrogens with zero attached hydrogens (tertiary/aromatic N) is 1. The third kappa shape index (κ3) is 2.01. The van der Waals surface area contributed by atoms with Gasteiger partial charge in [0.1, 0.15) is 5.69 Å². The lowest BCUT2D eigenvalue weighted by Crippen LogP contribution is -2.27. The first kappa shape index (κ1) is 11.9. The van der Waals surface area contributed by atoms with E-state index >= 15 is 0 Å². The fourth-order valence-corrected chi connectivity index (χ4v) is 2.52. The third-order valence-corrected chi connectivity index (χ3v) is 3.54. The number of methoxy groups -OCH3 is 1. The Balaban J connectivity index is 1.99. The highest BCUT2D eigenvalue weighted by molar-refractivity contribution is 5.98. The number of carbonyl (C=O) groups excluding carboxylic acids is 1. The van der Waals surface area contributed by atoms with E-state index in [2.05, 4.69) is 4.98 Å². The van der Waals surface area contributed by atoms with Crippen molar-refractivity contribution in [2.75, 3.05) is 20.2 Å². The van der Waals surface area contributed by atoms with E-state index < -0.39 is 0 Å². The zero-order chi connectivity index (χ0) is 13.4. The van der Waals surface area contributed by atoms with Crippen LogP contribution in [0.25, 0.3) is 10.9 Å². The van der Waals surface area contributed by atoms with Crippen LogP contribution in [0.2, 0.25) is 0 Å². The quantitative estimate of drug-likeness (QED) is 0.869. The highest BCUT2D eigenvalue weighted by atomic mass is 16.5. The molecule has 0 aliphatic carbocycles. The number of phenolic OH excluding ortho intramolecular Hbond substituents is 1. The molecule has 1 fully saturated rings. The van der Waals surface area contributed by atoms with Crippen molar-refractivity contribution in [3.05, 3.63) is 23.9 Å². The Morgan fingerprint density at radius 2 is 2.05 bits per heavy atom. The number of aromatic nitrogens is 1. The topological polar surface area (TPSA) is 65.6 Å². The molecule has 0 spiro atoms. The molecule has 1 aromatic heterocycles. The van der Waals surface area contributed by atoms with Gasteiger partial charge >= 0.3 is 0 Å². The second kappa shape index (κ2) is 4.50. The first-order valence-electron chi connectivity index (χ1n) is 6.38. The number of nitrogens with one attached hydrogen (secondary N) is 1. The van der Waals surface area contributed by atoms with Gasteiger partial charge in [-0.15, -0.1) is 0 Å². The van der Waals surface area contributed by atoms with E-state index in [0.29, 0.717) is 11.4 Å². The van der Waals surface area contributed by atoms with Gasteiger partial charge in [0.15, 0.2) is 11.5 Å². The van der Waals surface area contributed by atoms with Crippen molar-refractivity contribution in [1.82, 2.24) is 9.88 Å². The van der Waals surface area contributed by atoms with E-state index in [1.807, 2.05) is 4.90 Å². The van der Waals surface area contributed by atoms with Crippen LogP contribution in [0, 0.1) is 0 Å². The molecule has 0 unspecified atom stereocenters. The number of phenols is 1. The zero-order valence-corrected chi connectivity index (χ0v) is 10.8. The minimum atomic E-state index is 0.0205. The monoisotopic (exact) mass is 260 g/mol. The van der Waals surface area contributed by atoms with E-state index in [1.54, 1.807) is 18.2 Å². The SMILES string of the molecule is COc1cc2[nH]c(C(=O)N3CCCC3)cc2cc1O. The van der Waals surface area contributed by atoms with Gasteiger partial charge in [-0.1, -0.05) is 0 Å². The summed E-state index contributed by atoms with van der Waals surface area (Å²) in [7, 11) is 1.50. The normalized spacial score (nSPS) is 15.1. The summed E-state index contributed by atoms with van der Waals surface area (Å²) in [4.78, 5) is 17.2. The number of hydrogen-bond acceptors (Lipinski definition) is 3. The van der Waals surface area contributed by atoms with Crippen LogP contribution in [0.1, 0.15) is 23.3 Å². The van der Waals surface area contributed by atoms with Gasteiger partial charge in [0.25, 0.3) is 5.91 Å². The van der Waals surface area contributed by atoms with Crippen molar-refractivity contribution < 1.29 is 14.6 Å². The lowest BCUT2D eigenvalue weighted by atomic mass is 10.2. The Kier molecular flexibility index (Phi) is 2.81. The molecular formula is C14H16N2O3. The first-order chi connectivity index (χ1) is 9.19. The summed E-state index contributed by atoms with van der Waals surface area (Å²) in [5, 5.41) is 10.5. The molecule has 3 rings (SSSR count). The van der Waals surface area contributed by atoms with Gasteiger partial charge in [0, 0.05) is 30.1 Å². The van der Waals surface area contributed by atoms with Gasteiger partial charge in [-0.2, -0.15) is 0 Å². The molecule has 0 radical (unpaired) electrons. The van der Waals surface area contributed by atoms with E-state index in [4.69, 9.17) is 4.74 Å². The third-order valence-electron chi connectivity index (χ3n) is 3.54. The number of amides is 1. The summed E-state index contributed by atoms with van der Waals surface area (Å²) in [5.74, 6) is 0.496. The largest absolute Gasteiger partial charge is 0.504 e. The smallest absolute Gasteiger partial charge is 0.270 e. The summed E-state index contributed by atoms with van der Waals surface area (Å²) in [6.07, 6.45) is 2.14. The van der Waals surface area contributed by atoms with E-state index in [9.17, 15) is 9.90 Å². The molecule has 2 N–H and O–H groups in total. The Hall–Kier alpha value is -2.17. The maximum absolute atomic E-state index is 12.3. The molecular weight excluding hydrogens is 244 g/mol. The van der Waals surface area contributed by atoms with Crippen molar-refractivity contribution in [3.8, 4) is 11.5 Å². The van der Waals surface area contributed by atoms with Gasteiger partial charge in [-0.3, -0.25) is 4.79 Å². The number of hydrogen-bond donors (Lipinski definition) is 2. The number of likely N-dealkylation sites (tertiary alicyclic amines) is 1. The van der Waals surface area contributed by atoms with Crippen LogP contribution in [0.5, 0.6) is 11.5 Å². The molecule has 5 nitrogen and oxygen atoms in total. The number of fused-ring (bicyclic) bond motifs is 1. The number of aromatic amines is 1. The van der Waals surface area contributed by atoms with Crippen LogP contribution in [0.3, 0.4) is 0 Å².